The van der Waals surface area contributed by atoms with E-state index in [1.54, 1.807) is 0 Å². The predicted octanol–water partition coefficient (Wildman–Crippen LogP) is 1.39. The minimum atomic E-state index is -0.381. The maximum absolute atomic E-state index is 11.9. The molecule has 0 saturated carbocycles. The van der Waals surface area contributed by atoms with Gasteiger partial charge in [0, 0.05) is 30.3 Å². The molecule has 1 atom stereocenters. The average molecular weight is 274 g/mol. The van der Waals surface area contributed by atoms with Crippen molar-refractivity contribution in [1.29, 1.82) is 0 Å². The summed E-state index contributed by atoms with van der Waals surface area (Å²) in [6, 6.07) is -0.381. The van der Waals surface area contributed by atoms with Crippen molar-refractivity contribution in [1.82, 2.24) is 5.32 Å². The second kappa shape index (κ2) is 7.36. The van der Waals surface area contributed by atoms with E-state index in [1.165, 1.54) is 0 Å². The fourth-order valence-corrected chi connectivity index (χ4v) is 2.75. The summed E-state index contributed by atoms with van der Waals surface area (Å²) in [5, 5.41) is 2.93. The van der Waals surface area contributed by atoms with Gasteiger partial charge in [0.25, 0.3) is 0 Å². The van der Waals surface area contributed by atoms with Crippen LogP contribution in [0.4, 0.5) is 0 Å². The lowest BCUT2D eigenvalue weighted by Gasteiger charge is -2.26. The first kappa shape index (κ1) is 15.8. The van der Waals surface area contributed by atoms with Gasteiger partial charge in [-0.25, -0.2) is 0 Å². The second-order valence-electron chi connectivity index (χ2n) is 5.73. The second-order valence-corrected chi connectivity index (χ2v) is 7.65. The van der Waals surface area contributed by atoms with Crippen LogP contribution >= 0.6 is 11.8 Å². The predicted molar refractivity (Wildman–Crippen MR) is 76.7 cm³/mol. The summed E-state index contributed by atoms with van der Waals surface area (Å²) >= 11 is 1.85. The Kier molecular flexibility index (Phi) is 6.46. The van der Waals surface area contributed by atoms with Crippen molar-refractivity contribution in [2.45, 2.75) is 44.4 Å². The molecule has 106 valence electrons. The third kappa shape index (κ3) is 6.07. The Morgan fingerprint density at radius 1 is 1.44 bits per heavy atom. The van der Waals surface area contributed by atoms with E-state index in [0.717, 1.165) is 31.8 Å². The van der Waals surface area contributed by atoms with Crippen LogP contribution in [0.2, 0.25) is 0 Å². The summed E-state index contributed by atoms with van der Waals surface area (Å²) in [5.41, 5.74) is 5.99. The lowest BCUT2D eigenvalue weighted by Crippen LogP contribution is -2.47. The molecule has 1 saturated heterocycles. The van der Waals surface area contributed by atoms with Gasteiger partial charge in [-0.1, -0.05) is 20.8 Å². The molecule has 0 radical (unpaired) electrons. The Hall–Kier alpha value is -0.260. The molecule has 0 aromatic rings. The van der Waals surface area contributed by atoms with Crippen molar-refractivity contribution in [3.8, 4) is 0 Å². The quantitative estimate of drug-likeness (QED) is 0.744. The summed E-state index contributed by atoms with van der Waals surface area (Å²) in [6.07, 6.45) is 1.79. The third-order valence-electron chi connectivity index (χ3n) is 3.01. The monoisotopic (exact) mass is 274 g/mol. The summed E-state index contributed by atoms with van der Waals surface area (Å²) < 4.78 is 5.52. The van der Waals surface area contributed by atoms with Gasteiger partial charge in [-0.2, -0.15) is 11.8 Å². The number of carbonyl (C=O) groups excluding carboxylic acids is 1. The average Bonchev–Trinajstić information content (AvgIpc) is 2.33. The maximum Gasteiger partial charge on any atom is 0.237 e. The molecule has 1 unspecified atom stereocenters. The van der Waals surface area contributed by atoms with Crippen LogP contribution in [0.1, 0.15) is 33.6 Å². The molecule has 1 heterocycles. The molecular weight excluding hydrogens is 248 g/mol. The number of nitrogens with one attached hydrogen (secondary N) is 1. The largest absolute Gasteiger partial charge is 0.381 e. The summed E-state index contributed by atoms with van der Waals surface area (Å²) in [4.78, 5) is 11.9. The molecule has 5 heteroatoms. The molecule has 1 fully saturated rings. The smallest absolute Gasteiger partial charge is 0.237 e. The topological polar surface area (TPSA) is 64.4 Å². The van der Waals surface area contributed by atoms with Crippen molar-refractivity contribution in [2.24, 2.45) is 11.7 Å². The highest BCUT2D eigenvalue weighted by molar-refractivity contribution is 8.00. The molecule has 0 aliphatic carbocycles. The molecule has 0 aromatic heterocycles. The zero-order valence-corrected chi connectivity index (χ0v) is 12.5. The van der Waals surface area contributed by atoms with E-state index < -0.39 is 0 Å². The molecule has 3 N–H and O–H groups in total. The van der Waals surface area contributed by atoms with E-state index in [9.17, 15) is 4.79 Å². The molecule has 0 aromatic carbocycles. The normalized spacial score (nSPS) is 19.6. The van der Waals surface area contributed by atoms with Crippen LogP contribution in [0, 0.1) is 5.92 Å². The van der Waals surface area contributed by atoms with Gasteiger partial charge in [-0.15, -0.1) is 0 Å². The van der Waals surface area contributed by atoms with Gasteiger partial charge >= 0.3 is 0 Å². The first-order chi connectivity index (χ1) is 8.40. The third-order valence-corrected chi connectivity index (χ3v) is 4.29. The maximum atomic E-state index is 11.9. The van der Waals surface area contributed by atoms with Gasteiger partial charge in [0.15, 0.2) is 0 Å². The van der Waals surface area contributed by atoms with E-state index in [1.807, 2.05) is 11.8 Å². The van der Waals surface area contributed by atoms with Gasteiger partial charge in [-0.05, 0) is 18.8 Å². The molecule has 4 nitrogen and oxygen atoms in total. The molecular formula is C13H26N2O2S. The van der Waals surface area contributed by atoms with Crippen molar-refractivity contribution < 1.29 is 9.53 Å². The fourth-order valence-electron chi connectivity index (χ4n) is 1.94. The van der Waals surface area contributed by atoms with E-state index in [-0.39, 0.29) is 22.6 Å². The summed E-state index contributed by atoms with van der Waals surface area (Å²) in [7, 11) is 0. The zero-order valence-electron chi connectivity index (χ0n) is 11.7. The van der Waals surface area contributed by atoms with Crippen LogP contribution < -0.4 is 11.1 Å². The highest BCUT2D eigenvalue weighted by Crippen LogP contribution is 2.22. The number of rotatable bonds is 5. The lowest BCUT2D eigenvalue weighted by atomic mass is 9.92. The Labute approximate surface area is 114 Å². The number of hydrogen-bond acceptors (Lipinski definition) is 4. The van der Waals surface area contributed by atoms with Crippen molar-refractivity contribution in [2.75, 3.05) is 25.5 Å². The van der Waals surface area contributed by atoms with Gasteiger partial charge < -0.3 is 15.8 Å². The van der Waals surface area contributed by atoms with Crippen LogP contribution in [0.15, 0.2) is 0 Å². The Bertz CT molecular complexity index is 260. The van der Waals surface area contributed by atoms with Crippen molar-refractivity contribution in [3.63, 3.8) is 0 Å². The number of nitrogens with two attached hydrogens (primary N) is 1. The van der Waals surface area contributed by atoms with Crippen LogP contribution in [-0.2, 0) is 9.53 Å². The Morgan fingerprint density at radius 3 is 2.61 bits per heavy atom. The van der Waals surface area contributed by atoms with E-state index in [0.29, 0.717) is 6.54 Å². The zero-order chi connectivity index (χ0) is 13.6. The number of amides is 1. The number of hydrogen-bond donors (Lipinski definition) is 2. The molecule has 18 heavy (non-hydrogen) atoms. The molecule has 1 amide bonds. The molecule has 1 rings (SSSR count). The van der Waals surface area contributed by atoms with Gasteiger partial charge in [0.1, 0.15) is 0 Å². The molecule has 1 aliphatic heterocycles. The van der Waals surface area contributed by atoms with Crippen molar-refractivity contribution in [3.05, 3.63) is 0 Å². The SMILES string of the molecule is CC(C)(C)SCCNC(=O)C(N)C1CCOCC1. The molecule has 0 bridgehead atoms. The Balaban J connectivity index is 2.19. The fraction of sp³-hybridized carbons (Fsp3) is 0.923. The lowest BCUT2D eigenvalue weighted by molar-refractivity contribution is -0.124. The van der Waals surface area contributed by atoms with Crippen LogP contribution in [0.5, 0.6) is 0 Å². The highest BCUT2D eigenvalue weighted by atomic mass is 32.2. The van der Waals surface area contributed by atoms with Gasteiger partial charge in [-0.3, -0.25) is 4.79 Å². The standard InChI is InChI=1S/C13H26N2O2S/c1-13(2,3)18-9-6-15-12(16)11(14)10-4-7-17-8-5-10/h10-11H,4-9,14H2,1-3H3,(H,15,16). The first-order valence-corrected chi connectivity index (χ1v) is 7.64. The van der Waals surface area contributed by atoms with E-state index >= 15 is 0 Å². The molecule has 0 spiro atoms. The Morgan fingerprint density at radius 2 is 2.06 bits per heavy atom. The highest BCUT2D eigenvalue weighted by Gasteiger charge is 2.26. The van der Waals surface area contributed by atoms with Gasteiger partial charge in [0.2, 0.25) is 5.91 Å². The van der Waals surface area contributed by atoms with Crippen LogP contribution in [0.3, 0.4) is 0 Å². The number of carbonyl (C=O) groups is 1. The van der Waals surface area contributed by atoms with E-state index in [2.05, 4.69) is 26.1 Å². The van der Waals surface area contributed by atoms with E-state index in [4.69, 9.17) is 10.5 Å². The minimum Gasteiger partial charge on any atom is -0.381 e. The summed E-state index contributed by atoms with van der Waals surface area (Å²) in [5.74, 6) is 1.18. The van der Waals surface area contributed by atoms with Crippen LogP contribution in [0.25, 0.3) is 0 Å². The number of thioether (sulfide) groups is 1. The summed E-state index contributed by atoms with van der Waals surface area (Å²) in [6.45, 7) is 8.67. The van der Waals surface area contributed by atoms with Crippen molar-refractivity contribution >= 4 is 17.7 Å². The van der Waals surface area contributed by atoms with Gasteiger partial charge in [0.05, 0.1) is 6.04 Å². The first-order valence-electron chi connectivity index (χ1n) is 6.65. The minimum absolute atomic E-state index is 0.0172. The molecule has 1 aliphatic rings. The van der Waals surface area contributed by atoms with Crippen LogP contribution in [-0.4, -0.2) is 42.2 Å². The number of ether oxygens (including phenoxy) is 1.